The Kier molecular flexibility index (Phi) is 4.53. The molecule has 0 unspecified atom stereocenters. The maximum Gasteiger partial charge on any atom is 0.573 e. The molecule has 10 heteroatoms. The van der Waals surface area contributed by atoms with Gasteiger partial charge in [0.15, 0.2) is 11.9 Å². The van der Waals surface area contributed by atoms with Crippen LogP contribution in [0.1, 0.15) is 5.56 Å². The minimum Gasteiger partial charge on any atom is -0.619 e. The summed E-state index contributed by atoms with van der Waals surface area (Å²) >= 11 is 0. The van der Waals surface area contributed by atoms with Crippen LogP contribution in [-0.2, 0) is 6.54 Å². The topological polar surface area (TPSA) is 91.3 Å². The number of pyridine rings is 1. The molecule has 0 bridgehead atoms. The summed E-state index contributed by atoms with van der Waals surface area (Å²) in [4.78, 5) is 10.2. The van der Waals surface area contributed by atoms with Crippen LogP contribution in [-0.4, -0.2) is 11.3 Å². The van der Waals surface area contributed by atoms with Crippen LogP contribution in [0.3, 0.4) is 0 Å². The van der Waals surface area contributed by atoms with E-state index in [2.05, 4.69) is 10.1 Å². The summed E-state index contributed by atoms with van der Waals surface area (Å²) in [6, 6.07) is 6.03. The number of aromatic nitrogens is 1. The van der Waals surface area contributed by atoms with Gasteiger partial charge in [0.05, 0.1) is 11.0 Å². The van der Waals surface area contributed by atoms with Gasteiger partial charge in [-0.25, -0.2) is 0 Å². The second-order valence-corrected chi connectivity index (χ2v) is 4.41. The van der Waals surface area contributed by atoms with Gasteiger partial charge in [-0.2, -0.15) is 4.73 Å². The molecule has 2 rings (SSSR count). The predicted molar refractivity (Wildman–Crippen MR) is 72.5 cm³/mol. The number of hydrogen-bond donors (Lipinski definition) is 1. The highest BCUT2D eigenvalue weighted by Gasteiger charge is 2.30. The fourth-order valence-corrected chi connectivity index (χ4v) is 1.77. The molecule has 1 N–H and O–H groups in total. The van der Waals surface area contributed by atoms with Gasteiger partial charge in [-0.1, -0.05) is 12.1 Å². The van der Waals surface area contributed by atoms with Gasteiger partial charge in [0, 0.05) is 6.54 Å². The van der Waals surface area contributed by atoms with E-state index in [4.69, 9.17) is 0 Å². The fourth-order valence-electron chi connectivity index (χ4n) is 1.77. The summed E-state index contributed by atoms with van der Waals surface area (Å²) in [5, 5.41) is 24.7. The third kappa shape index (κ3) is 4.73. The first kappa shape index (κ1) is 16.3. The molecule has 7 nitrogen and oxygen atoms in total. The van der Waals surface area contributed by atoms with Crippen molar-refractivity contribution in [2.75, 3.05) is 5.32 Å². The van der Waals surface area contributed by atoms with Crippen molar-refractivity contribution in [3.63, 3.8) is 0 Å². The number of hydrogen-bond acceptors (Lipinski definition) is 5. The lowest BCUT2D eigenvalue weighted by Crippen LogP contribution is -2.25. The lowest BCUT2D eigenvalue weighted by atomic mass is 10.2. The molecule has 0 amide bonds. The molecule has 0 atom stereocenters. The number of anilines is 1. The average Bonchev–Trinajstić information content (AvgIpc) is 2.44. The maximum atomic E-state index is 12.0. The Hall–Kier alpha value is -3.04. The van der Waals surface area contributed by atoms with Crippen molar-refractivity contribution in [3.8, 4) is 5.75 Å². The van der Waals surface area contributed by atoms with Crippen molar-refractivity contribution < 1.29 is 27.6 Å². The first-order chi connectivity index (χ1) is 10.7. The third-order valence-electron chi connectivity index (χ3n) is 2.75. The summed E-state index contributed by atoms with van der Waals surface area (Å²) in [6.45, 7) is 0.0805. The van der Waals surface area contributed by atoms with Gasteiger partial charge in [-0.05, 0) is 17.7 Å². The Labute approximate surface area is 127 Å². The standard InChI is InChI=1S/C13H10F3N3O4/c14-13(15,16)23-10-3-1-9(2-4-10)7-17-11-8-18(20)6-5-12(11)19(21)22/h1-6,8,17H,7H2. The van der Waals surface area contributed by atoms with Gasteiger partial charge >= 0.3 is 12.0 Å². The molecule has 23 heavy (non-hydrogen) atoms. The SMILES string of the molecule is O=[N+]([O-])c1cc[n+]([O-])cc1NCc1ccc(OC(F)(F)F)cc1. The number of nitrogens with zero attached hydrogens (tertiary/aromatic N) is 2. The van der Waals surface area contributed by atoms with E-state index in [1.807, 2.05) is 0 Å². The van der Waals surface area contributed by atoms with Gasteiger partial charge in [0.25, 0.3) is 0 Å². The van der Waals surface area contributed by atoms with Crippen LogP contribution in [0.5, 0.6) is 5.75 Å². The first-order valence-corrected chi connectivity index (χ1v) is 6.20. The van der Waals surface area contributed by atoms with Crippen molar-refractivity contribution in [1.29, 1.82) is 0 Å². The van der Waals surface area contributed by atoms with E-state index in [-0.39, 0.29) is 23.7 Å². The Bertz CT molecular complexity index is 705. The molecule has 0 saturated heterocycles. The molecule has 1 aromatic heterocycles. The Morgan fingerprint density at radius 1 is 1.22 bits per heavy atom. The predicted octanol–water partition coefficient (Wildman–Crippen LogP) is 2.74. The lowest BCUT2D eigenvalue weighted by molar-refractivity contribution is -0.605. The van der Waals surface area contributed by atoms with Crippen molar-refractivity contribution in [3.05, 3.63) is 63.6 Å². The quantitative estimate of drug-likeness (QED) is 0.394. The fraction of sp³-hybridized carbons (Fsp3) is 0.154. The molecular formula is C13H10F3N3O4. The molecule has 1 aromatic carbocycles. The third-order valence-corrected chi connectivity index (χ3v) is 2.75. The lowest BCUT2D eigenvalue weighted by Gasteiger charge is -2.10. The van der Waals surface area contributed by atoms with E-state index >= 15 is 0 Å². The zero-order valence-corrected chi connectivity index (χ0v) is 11.4. The highest BCUT2D eigenvalue weighted by Crippen LogP contribution is 2.24. The van der Waals surface area contributed by atoms with Crippen LogP contribution in [0.4, 0.5) is 24.5 Å². The number of nitro groups is 1. The van der Waals surface area contributed by atoms with Crippen LogP contribution in [0, 0.1) is 15.3 Å². The van der Waals surface area contributed by atoms with Gasteiger partial charge in [0.2, 0.25) is 6.20 Å². The first-order valence-electron chi connectivity index (χ1n) is 6.20. The van der Waals surface area contributed by atoms with Crippen molar-refractivity contribution in [2.24, 2.45) is 0 Å². The van der Waals surface area contributed by atoms with Crippen LogP contribution in [0.25, 0.3) is 0 Å². The van der Waals surface area contributed by atoms with E-state index in [1.165, 1.54) is 12.1 Å². The molecular weight excluding hydrogens is 319 g/mol. The zero-order valence-electron chi connectivity index (χ0n) is 11.4. The molecule has 0 aliphatic heterocycles. The molecule has 1 heterocycles. The molecule has 2 aromatic rings. The number of nitrogens with one attached hydrogen (secondary N) is 1. The Balaban J connectivity index is 2.07. The largest absolute Gasteiger partial charge is 0.619 e. The van der Waals surface area contributed by atoms with Gasteiger partial charge in [0.1, 0.15) is 5.75 Å². The number of benzene rings is 1. The van der Waals surface area contributed by atoms with Crippen molar-refractivity contribution >= 4 is 11.4 Å². The molecule has 0 saturated carbocycles. The maximum absolute atomic E-state index is 12.0. The van der Waals surface area contributed by atoms with Gasteiger partial charge in [-0.3, -0.25) is 10.1 Å². The summed E-state index contributed by atoms with van der Waals surface area (Å²) in [7, 11) is 0. The van der Waals surface area contributed by atoms with E-state index < -0.39 is 11.3 Å². The van der Waals surface area contributed by atoms with Crippen molar-refractivity contribution in [1.82, 2.24) is 0 Å². The average molecular weight is 329 g/mol. The summed E-state index contributed by atoms with van der Waals surface area (Å²) in [5.41, 5.74) is 0.271. The van der Waals surface area contributed by atoms with Gasteiger partial charge in [-0.15, -0.1) is 13.2 Å². The zero-order chi connectivity index (χ0) is 17.0. The highest BCUT2D eigenvalue weighted by molar-refractivity contribution is 5.58. The number of halogens is 3. The van der Waals surface area contributed by atoms with Crippen LogP contribution in [0.15, 0.2) is 42.7 Å². The molecule has 122 valence electrons. The monoisotopic (exact) mass is 329 g/mol. The summed E-state index contributed by atoms with van der Waals surface area (Å²) in [6.07, 6.45) is -2.78. The van der Waals surface area contributed by atoms with Gasteiger partial charge < -0.3 is 15.3 Å². The second kappa shape index (κ2) is 6.38. The van der Waals surface area contributed by atoms with Crippen LogP contribution >= 0.6 is 0 Å². The Morgan fingerprint density at radius 3 is 2.43 bits per heavy atom. The normalized spacial score (nSPS) is 11.1. The summed E-state index contributed by atoms with van der Waals surface area (Å²) < 4.78 is 40.2. The van der Waals surface area contributed by atoms with E-state index in [0.717, 1.165) is 30.6 Å². The van der Waals surface area contributed by atoms with Crippen molar-refractivity contribution in [2.45, 2.75) is 12.9 Å². The molecule has 0 radical (unpaired) electrons. The van der Waals surface area contributed by atoms with E-state index in [0.29, 0.717) is 10.3 Å². The number of rotatable bonds is 5. The number of ether oxygens (including phenoxy) is 1. The number of alkyl halides is 3. The smallest absolute Gasteiger partial charge is 0.573 e. The van der Waals surface area contributed by atoms with E-state index in [9.17, 15) is 28.5 Å². The second-order valence-electron chi connectivity index (χ2n) is 4.41. The minimum atomic E-state index is -4.77. The van der Waals surface area contributed by atoms with Crippen LogP contribution < -0.4 is 14.8 Å². The van der Waals surface area contributed by atoms with E-state index in [1.54, 1.807) is 0 Å². The highest BCUT2D eigenvalue weighted by atomic mass is 19.4. The molecule has 0 fully saturated rings. The molecule has 0 aliphatic rings. The molecule has 0 spiro atoms. The molecule has 0 aliphatic carbocycles. The Morgan fingerprint density at radius 2 is 1.87 bits per heavy atom. The summed E-state index contributed by atoms with van der Waals surface area (Å²) in [5.74, 6) is -0.371. The minimum absolute atomic E-state index is 0.00289. The van der Waals surface area contributed by atoms with Crippen LogP contribution in [0.2, 0.25) is 0 Å².